The topological polar surface area (TPSA) is 152 Å². The third-order valence-corrected chi connectivity index (χ3v) is 10.5. The summed E-state index contributed by atoms with van der Waals surface area (Å²) < 4.78 is 22.1. The quantitative estimate of drug-likeness (QED) is 0.0357. The molecule has 0 radical (unpaired) electrons. The van der Waals surface area contributed by atoms with Gasteiger partial charge >= 0.3 is 11.9 Å². The predicted molar refractivity (Wildman–Crippen MR) is 210 cm³/mol. The van der Waals surface area contributed by atoms with E-state index in [1.165, 1.54) is 135 Å². The number of esters is 2. The van der Waals surface area contributed by atoms with Gasteiger partial charge in [0.25, 0.3) is 0 Å². The minimum Gasteiger partial charge on any atom is -0.462 e. The summed E-state index contributed by atoms with van der Waals surface area (Å²) in [4.78, 5) is 25.2. The molecule has 0 aromatic rings. The van der Waals surface area contributed by atoms with Crippen LogP contribution in [0.5, 0.6) is 0 Å². The Hall–Kier alpha value is -1.30. The Labute approximate surface area is 323 Å². The van der Waals surface area contributed by atoms with E-state index in [1.807, 2.05) is 0 Å². The highest BCUT2D eigenvalue weighted by Gasteiger charge is 2.44. The van der Waals surface area contributed by atoms with E-state index in [4.69, 9.17) is 18.9 Å². The van der Waals surface area contributed by atoms with Crippen molar-refractivity contribution in [1.29, 1.82) is 0 Å². The van der Waals surface area contributed by atoms with Crippen molar-refractivity contribution in [2.75, 3.05) is 19.8 Å². The molecule has 0 aromatic carbocycles. The van der Waals surface area contributed by atoms with E-state index in [-0.39, 0.29) is 32.0 Å². The number of aliphatic hydroxyl groups excluding tert-OH is 4. The summed E-state index contributed by atoms with van der Waals surface area (Å²) >= 11 is 0. The van der Waals surface area contributed by atoms with Gasteiger partial charge in [0.1, 0.15) is 31.0 Å². The molecule has 10 nitrogen and oxygen atoms in total. The van der Waals surface area contributed by atoms with Gasteiger partial charge in [0, 0.05) is 12.8 Å². The molecule has 4 N–H and O–H groups in total. The van der Waals surface area contributed by atoms with E-state index in [1.54, 1.807) is 0 Å². The van der Waals surface area contributed by atoms with Crippen LogP contribution in [0.25, 0.3) is 0 Å². The van der Waals surface area contributed by atoms with Crippen LogP contribution in [0.3, 0.4) is 0 Å². The minimum atomic E-state index is -1.59. The highest BCUT2D eigenvalue weighted by atomic mass is 16.7. The number of rotatable bonds is 37. The normalized spacial score (nSPS) is 20.8. The lowest BCUT2D eigenvalue weighted by Gasteiger charge is -2.39. The van der Waals surface area contributed by atoms with Crippen molar-refractivity contribution in [1.82, 2.24) is 0 Å². The molecule has 1 aliphatic heterocycles. The molecule has 0 aromatic heterocycles. The van der Waals surface area contributed by atoms with Crippen molar-refractivity contribution in [3.8, 4) is 0 Å². The smallest absolute Gasteiger partial charge is 0.306 e. The van der Waals surface area contributed by atoms with Crippen LogP contribution in [0.15, 0.2) is 0 Å². The van der Waals surface area contributed by atoms with Crippen molar-refractivity contribution in [3.63, 3.8) is 0 Å². The monoisotopic (exact) mass is 759 g/mol. The second-order valence-corrected chi connectivity index (χ2v) is 15.5. The molecule has 10 heteroatoms. The van der Waals surface area contributed by atoms with Crippen molar-refractivity contribution in [2.24, 2.45) is 0 Å². The van der Waals surface area contributed by atoms with Crippen LogP contribution in [0.1, 0.15) is 206 Å². The molecule has 0 amide bonds. The molecule has 0 saturated carbocycles. The summed E-state index contributed by atoms with van der Waals surface area (Å²) in [5.41, 5.74) is 0. The van der Waals surface area contributed by atoms with Gasteiger partial charge < -0.3 is 39.4 Å². The summed E-state index contributed by atoms with van der Waals surface area (Å²) in [5, 5.41) is 40.0. The van der Waals surface area contributed by atoms with E-state index < -0.39 is 49.4 Å². The van der Waals surface area contributed by atoms with Crippen LogP contribution >= 0.6 is 0 Å². The van der Waals surface area contributed by atoms with Gasteiger partial charge in [-0.25, -0.2) is 0 Å². The Balaban J connectivity index is 2.29. The molecule has 1 rings (SSSR count). The maximum Gasteiger partial charge on any atom is 0.306 e. The van der Waals surface area contributed by atoms with Gasteiger partial charge in [-0.1, -0.05) is 181 Å². The van der Waals surface area contributed by atoms with Crippen molar-refractivity contribution in [2.45, 2.75) is 243 Å². The molecule has 0 bridgehead atoms. The number of carbonyl (C=O) groups excluding carboxylic acids is 2. The lowest BCUT2D eigenvalue weighted by Crippen LogP contribution is -2.59. The zero-order valence-electron chi connectivity index (χ0n) is 34.0. The van der Waals surface area contributed by atoms with Gasteiger partial charge in [0.05, 0.1) is 13.2 Å². The fourth-order valence-corrected chi connectivity index (χ4v) is 6.95. The molecule has 1 aliphatic rings. The number of unbranched alkanes of at least 4 members (excludes halogenated alkanes) is 26. The SMILES string of the molecule is CCCCCCCCCCCCCCCCCCCCC(=O)O[C@H](COC(=O)CCCCCCCCCCCC)CO[C@@H]1O[C@H](CO)[C@H](O)C(O)C1O. The average molecular weight is 759 g/mol. The van der Waals surface area contributed by atoms with E-state index in [9.17, 15) is 30.0 Å². The number of hydrogen-bond acceptors (Lipinski definition) is 10. The summed E-state index contributed by atoms with van der Waals surface area (Å²) in [6, 6.07) is 0. The molecule has 53 heavy (non-hydrogen) atoms. The third-order valence-electron chi connectivity index (χ3n) is 10.5. The summed E-state index contributed by atoms with van der Waals surface area (Å²) in [7, 11) is 0. The Bertz CT molecular complexity index is 840. The van der Waals surface area contributed by atoms with Crippen molar-refractivity contribution >= 4 is 11.9 Å². The molecule has 1 saturated heterocycles. The number of ether oxygens (including phenoxy) is 4. The molecule has 0 aliphatic carbocycles. The van der Waals surface area contributed by atoms with Crippen molar-refractivity contribution < 1.29 is 49.0 Å². The number of aliphatic hydroxyl groups is 4. The summed E-state index contributed by atoms with van der Waals surface area (Å²) in [5.74, 6) is -0.795. The van der Waals surface area contributed by atoms with Gasteiger partial charge in [-0.2, -0.15) is 0 Å². The first-order valence-electron chi connectivity index (χ1n) is 22.1. The summed E-state index contributed by atoms with van der Waals surface area (Å²) in [6.07, 6.45) is 26.9. The van der Waals surface area contributed by atoms with Crippen LogP contribution < -0.4 is 0 Å². The predicted octanol–water partition coefficient (Wildman–Crippen LogP) is 9.00. The van der Waals surface area contributed by atoms with Crippen LogP contribution in [0, 0.1) is 0 Å². The summed E-state index contributed by atoms with van der Waals surface area (Å²) in [6.45, 7) is 3.43. The Morgan fingerprint density at radius 2 is 0.887 bits per heavy atom. The molecule has 0 spiro atoms. The van der Waals surface area contributed by atoms with Crippen LogP contribution in [-0.4, -0.2) is 89.0 Å². The highest BCUT2D eigenvalue weighted by Crippen LogP contribution is 2.23. The second-order valence-electron chi connectivity index (χ2n) is 15.5. The lowest BCUT2D eigenvalue weighted by atomic mass is 9.99. The standard InChI is InChI=1S/C43H82O10/c1-3-5-7-9-11-13-15-16-17-18-19-20-21-22-24-26-28-30-32-39(46)52-36(35-51-43-42(49)41(48)40(47)37(33-44)53-43)34-50-38(45)31-29-27-25-23-14-12-10-8-6-4-2/h36-37,40-44,47-49H,3-35H2,1-2H3/t36-,37-,40+,41?,42?,43-/m1/s1. The van der Waals surface area contributed by atoms with E-state index in [0.717, 1.165) is 38.5 Å². The molecule has 1 heterocycles. The fraction of sp³-hybridized carbons (Fsp3) is 0.953. The fourth-order valence-electron chi connectivity index (χ4n) is 6.95. The molecule has 6 atom stereocenters. The maximum atomic E-state index is 12.7. The third kappa shape index (κ3) is 27.0. The first kappa shape index (κ1) is 49.7. The van der Waals surface area contributed by atoms with Gasteiger partial charge in [0.2, 0.25) is 0 Å². The number of hydrogen-bond donors (Lipinski definition) is 4. The molecule has 2 unspecified atom stereocenters. The van der Waals surface area contributed by atoms with Gasteiger partial charge in [0.15, 0.2) is 12.4 Å². The minimum absolute atomic E-state index is 0.209. The molecule has 1 fully saturated rings. The first-order chi connectivity index (χ1) is 25.8. The Morgan fingerprint density at radius 3 is 1.28 bits per heavy atom. The van der Waals surface area contributed by atoms with Crippen LogP contribution in [0.4, 0.5) is 0 Å². The van der Waals surface area contributed by atoms with Crippen molar-refractivity contribution in [3.05, 3.63) is 0 Å². The Morgan fingerprint density at radius 1 is 0.509 bits per heavy atom. The zero-order chi connectivity index (χ0) is 38.8. The van der Waals surface area contributed by atoms with Gasteiger partial charge in [-0.3, -0.25) is 9.59 Å². The van der Waals surface area contributed by atoms with E-state index in [2.05, 4.69) is 13.8 Å². The van der Waals surface area contributed by atoms with Gasteiger partial charge in [-0.05, 0) is 12.8 Å². The maximum absolute atomic E-state index is 12.7. The van der Waals surface area contributed by atoms with E-state index in [0.29, 0.717) is 6.42 Å². The highest BCUT2D eigenvalue weighted by molar-refractivity contribution is 5.70. The van der Waals surface area contributed by atoms with Gasteiger partial charge in [-0.15, -0.1) is 0 Å². The van der Waals surface area contributed by atoms with E-state index >= 15 is 0 Å². The second kappa shape index (κ2) is 35.1. The van der Waals surface area contributed by atoms with Crippen LogP contribution in [0.2, 0.25) is 0 Å². The Kier molecular flexibility index (Phi) is 33.0. The largest absolute Gasteiger partial charge is 0.462 e. The average Bonchev–Trinajstić information content (AvgIpc) is 3.15. The molecule has 314 valence electrons. The first-order valence-corrected chi connectivity index (χ1v) is 22.1. The molecular formula is C43H82O10. The van der Waals surface area contributed by atoms with Crippen LogP contribution in [-0.2, 0) is 28.5 Å². The number of carbonyl (C=O) groups is 2. The zero-order valence-corrected chi connectivity index (χ0v) is 34.0. The molecular weight excluding hydrogens is 676 g/mol. The lowest BCUT2D eigenvalue weighted by molar-refractivity contribution is -0.305.